The molecule has 1 aromatic rings. The molecule has 0 radical (unpaired) electrons. The molecule has 1 rings (SSSR count). The minimum Gasteiger partial charge on any atom is -0.387 e. The van der Waals surface area contributed by atoms with Crippen LogP contribution in [0.25, 0.3) is 6.08 Å². The molecule has 4 heteroatoms. The first kappa shape index (κ1) is 17.4. The zero-order valence-electron chi connectivity index (χ0n) is 13.4. The summed E-state index contributed by atoms with van der Waals surface area (Å²) in [5, 5.41) is 12.8. The van der Waals surface area contributed by atoms with E-state index >= 15 is 0 Å². The third kappa shape index (κ3) is 7.06. The highest BCUT2D eigenvalue weighted by molar-refractivity contribution is 5.91. The van der Waals surface area contributed by atoms with E-state index in [2.05, 4.69) is 24.4 Å². The lowest BCUT2D eigenvalue weighted by molar-refractivity contribution is -0.117. The van der Waals surface area contributed by atoms with Crippen LogP contribution in [-0.4, -0.2) is 48.7 Å². The van der Waals surface area contributed by atoms with Crippen molar-refractivity contribution in [1.29, 1.82) is 0 Å². The van der Waals surface area contributed by atoms with E-state index < -0.39 is 5.60 Å². The summed E-state index contributed by atoms with van der Waals surface area (Å²) in [5.41, 5.74) is 1.33. The third-order valence-electron chi connectivity index (χ3n) is 3.12. The number of aryl methyl sites for hydroxylation is 1. The van der Waals surface area contributed by atoms with Crippen molar-refractivity contribution in [2.75, 3.05) is 27.2 Å². The lowest BCUT2D eigenvalue weighted by atomic mass is 10.1. The average molecular weight is 290 g/mol. The zero-order valence-corrected chi connectivity index (χ0v) is 13.4. The predicted octanol–water partition coefficient (Wildman–Crippen LogP) is 1.69. The Morgan fingerprint density at radius 2 is 1.95 bits per heavy atom. The smallest absolute Gasteiger partial charge is 0.244 e. The van der Waals surface area contributed by atoms with Gasteiger partial charge in [0.1, 0.15) is 0 Å². The van der Waals surface area contributed by atoms with Crippen molar-refractivity contribution in [3.63, 3.8) is 0 Å². The van der Waals surface area contributed by atoms with Gasteiger partial charge in [0.15, 0.2) is 0 Å². The molecule has 0 aliphatic carbocycles. The van der Waals surface area contributed by atoms with Crippen molar-refractivity contribution < 1.29 is 9.90 Å². The van der Waals surface area contributed by atoms with Gasteiger partial charge >= 0.3 is 0 Å². The SMILES string of the molecule is CCc1ccc(/C=C/C(=O)NCC(C)(O)CN(C)C)cc1. The van der Waals surface area contributed by atoms with Crippen LogP contribution in [0.2, 0.25) is 0 Å². The molecule has 4 nitrogen and oxygen atoms in total. The highest BCUT2D eigenvalue weighted by atomic mass is 16.3. The van der Waals surface area contributed by atoms with Crippen LogP contribution in [0, 0.1) is 0 Å². The molecule has 0 saturated heterocycles. The minimum absolute atomic E-state index is 0.200. The van der Waals surface area contributed by atoms with Gasteiger partial charge in [-0.05, 0) is 44.6 Å². The quantitative estimate of drug-likeness (QED) is 0.751. The molecule has 116 valence electrons. The number of carbonyl (C=O) groups excluding carboxylic acids is 1. The van der Waals surface area contributed by atoms with E-state index in [1.807, 2.05) is 31.1 Å². The normalized spacial score (nSPS) is 14.4. The van der Waals surface area contributed by atoms with Crippen molar-refractivity contribution in [3.05, 3.63) is 41.5 Å². The van der Waals surface area contributed by atoms with Gasteiger partial charge in [-0.1, -0.05) is 31.2 Å². The fourth-order valence-corrected chi connectivity index (χ4v) is 2.11. The van der Waals surface area contributed by atoms with E-state index in [0.29, 0.717) is 6.54 Å². The predicted molar refractivity (Wildman–Crippen MR) is 87.0 cm³/mol. The molecule has 2 N–H and O–H groups in total. The number of aliphatic hydroxyl groups is 1. The Morgan fingerprint density at radius 1 is 1.33 bits per heavy atom. The molecule has 0 fully saturated rings. The maximum absolute atomic E-state index is 11.7. The molecule has 21 heavy (non-hydrogen) atoms. The standard InChI is InChI=1S/C17H26N2O2/c1-5-14-6-8-15(9-7-14)10-11-16(20)18-12-17(2,21)13-19(3)4/h6-11,21H,5,12-13H2,1-4H3,(H,18,20)/b11-10+. The molecule has 1 atom stereocenters. The number of likely N-dealkylation sites (N-methyl/N-ethyl adjacent to an activating group) is 1. The summed E-state index contributed by atoms with van der Waals surface area (Å²) in [5.74, 6) is -0.200. The molecule has 0 heterocycles. The van der Waals surface area contributed by atoms with Crippen LogP contribution in [-0.2, 0) is 11.2 Å². The van der Waals surface area contributed by atoms with E-state index in [0.717, 1.165) is 12.0 Å². The van der Waals surface area contributed by atoms with Crippen molar-refractivity contribution >= 4 is 12.0 Å². The largest absolute Gasteiger partial charge is 0.387 e. The van der Waals surface area contributed by atoms with E-state index in [-0.39, 0.29) is 12.5 Å². The van der Waals surface area contributed by atoms with Gasteiger partial charge in [-0.25, -0.2) is 0 Å². The maximum atomic E-state index is 11.7. The summed E-state index contributed by atoms with van der Waals surface area (Å²) in [6, 6.07) is 8.09. The van der Waals surface area contributed by atoms with Crippen molar-refractivity contribution in [2.24, 2.45) is 0 Å². The van der Waals surface area contributed by atoms with Gasteiger partial charge in [-0.15, -0.1) is 0 Å². The van der Waals surface area contributed by atoms with Gasteiger partial charge in [0.05, 0.1) is 5.60 Å². The van der Waals surface area contributed by atoms with E-state index in [4.69, 9.17) is 0 Å². The molecule has 0 aliphatic heterocycles. The summed E-state index contributed by atoms with van der Waals surface area (Å²) in [6.45, 7) is 4.54. The second-order valence-corrected chi connectivity index (χ2v) is 5.88. The Labute approximate surface area is 127 Å². The first-order valence-corrected chi connectivity index (χ1v) is 7.24. The number of nitrogens with zero attached hydrogens (tertiary/aromatic N) is 1. The van der Waals surface area contributed by atoms with E-state index in [9.17, 15) is 9.90 Å². The number of rotatable bonds is 7. The molecular formula is C17H26N2O2. The second kappa shape index (κ2) is 7.96. The Hall–Kier alpha value is -1.65. The number of amides is 1. The van der Waals surface area contributed by atoms with Gasteiger partial charge in [0.25, 0.3) is 0 Å². The number of hydrogen-bond donors (Lipinski definition) is 2. The summed E-state index contributed by atoms with van der Waals surface area (Å²) >= 11 is 0. The summed E-state index contributed by atoms with van der Waals surface area (Å²) < 4.78 is 0. The molecule has 1 unspecified atom stereocenters. The van der Waals surface area contributed by atoms with Crippen molar-refractivity contribution in [2.45, 2.75) is 25.9 Å². The first-order chi connectivity index (χ1) is 9.82. The topological polar surface area (TPSA) is 52.6 Å². The average Bonchev–Trinajstić information content (AvgIpc) is 2.42. The van der Waals surface area contributed by atoms with Crippen molar-refractivity contribution in [3.8, 4) is 0 Å². The molecule has 1 aromatic carbocycles. The summed E-state index contributed by atoms with van der Waals surface area (Å²) in [6.07, 6.45) is 4.27. The van der Waals surface area contributed by atoms with E-state index in [1.54, 1.807) is 13.0 Å². The van der Waals surface area contributed by atoms with Crippen LogP contribution in [0.4, 0.5) is 0 Å². The van der Waals surface area contributed by atoms with Crippen molar-refractivity contribution in [1.82, 2.24) is 10.2 Å². The fraction of sp³-hybridized carbons (Fsp3) is 0.471. The monoisotopic (exact) mass is 290 g/mol. The summed E-state index contributed by atoms with van der Waals surface area (Å²) in [4.78, 5) is 13.6. The van der Waals surface area contributed by atoms with Crippen LogP contribution in [0.15, 0.2) is 30.3 Å². The van der Waals surface area contributed by atoms with Gasteiger partial charge in [-0.3, -0.25) is 4.79 Å². The first-order valence-electron chi connectivity index (χ1n) is 7.24. The molecule has 0 aliphatic rings. The lowest BCUT2D eigenvalue weighted by Gasteiger charge is -2.26. The van der Waals surface area contributed by atoms with Crippen LogP contribution < -0.4 is 5.32 Å². The van der Waals surface area contributed by atoms with Crippen LogP contribution in [0.5, 0.6) is 0 Å². The molecular weight excluding hydrogens is 264 g/mol. The van der Waals surface area contributed by atoms with Gasteiger partial charge in [0, 0.05) is 19.2 Å². The zero-order chi connectivity index (χ0) is 15.9. The molecule has 0 spiro atoms. The third-order valence-corrected chi connectivity index (χ3v) is 3.12. The minimum atomic E-state index is -0.935. The Bertz CT molecular complexity index is 476. The molecule has 0 saturated carbocycles. The van der Waals surface area contributed by atoms with Gasteiger partial charge in [-0.2, -0.15) is 0 Å². The molecule has 1 amide bonds. The van der Waals surface area contributed by atoms with Crippen LogP contribution in [0.1, 0.15) is 25.0 Å². The number of hydrogen-bond acceptors (Lipinski definition) is 3. The number of nitrogens with one attached hydrogen (secondary N) is 1. The Kier molecular flexibility index (Phi) is 6.59. The highest BCUT2D eigenvalue weighted by Gasteiger charge is 2.21. The Morgan fingerprint density at radius 3 is 2.48 bits per heavy atom. The summed E-state index contributed by atoms with van der Waals surface area (Å²) in [7, 11) is 3.77. The highest BCUT2D eigenvalue weighted by Crippen LogP contribution is 2.07. The second-order valence-electron chi connectivity index (χ2n) is 5.88. The molecule has 0 aromatic heterocycles. The maximum Gasteiger partial charge on any atom is 0.244 e. The van der Waals surface area contributed by atoms with Gasteiger partial charge < -0.3 is 15.3 Å². The lowest BCUT2D eigenvalue weighted by Crippen LogP contribution is -2.46. The number of benzene rings is 1. The number of carbonyl (C=O) groups is 1. The van der Waals surface area contributed by atoms with Gasteiger partial charge in [0.2, 0.25) is 5.91 Å². The van der Waals surface area contributed by atoms with Crippen LogP contribution in [0.3, 0.4) is 0 Å². The Balaban J connectivity index is 2.47. The van der Waals surface area contributed by atoms with E-state index in [1.165, 1.54) is 11.6 Å². The molecule has 0 bridgehead atoms. The van der Waals surface area contributed by atoms with Crippen LogP contribution >= 0.6 is 0 Å². The fourth-order valence-electron chi connectivity index (χ4n) is 2.11.